The van der Waals surface area contributed by atoms with Crippen molar-refractivity contribution in [2.24, 2.45) is 0 Å². The van der Waals surface area contributed by atoms with E-state index in [0.717, 1.165) is 18.5 Å². The summed E-state index contributed by atoms with van der Waals surface area (Å²) >= 11 is 0. The molecule has 0 saturated heterocycles. The quantitative estimate of drug-likeness (QED) is 0.838. The van der Waals surface area contributed by atoms with Crippen LogP contribution in [0.1, 0.15) is 25.8 Å². The summed E-state index contributed by atoms with van der Waals surface area (Å²) < 4.78 is 4.98. The largest absolute Gasteiger partial charge is 0.504 e. The molecule has 4 heteroatoms. The molecule has 0 aliphatic rings. The van der Waals surface area contributed by atoms with Crippen LogP contribution in [0, 0.1) is 0 Å². The second kappa shape index (κ2) is 7.36. The lowest BCUT2D eigenvalue weighted by Gasteiger charge is -2.12. The molecule has 0 radical (unpaired) electrons. The molecule has 0 fully saturated rings. The van der Waals surface area contributed by atoms with Gasteiger partial charge in [-0.25, -0.2) is 0 Å². The molecule has 1 unspecified atom stereocenters. The highest BCUT2D eigenvalue weighted by Crippen LogP contribution is 2.26. The Morgan fingerprint density at radius 2 is 2.12 bits per heavy atom. The summed E-state index contributed by atoms with van der Waals surface area (Å²) in [6.07, 6.45) is 1.10. The molecule has 1 atom stereocenters. The minimum Gasteiger partial charge on any atom is -0.504 e. The van der Waals surface area contributed by atoms with Gasteiger partial charge in [0.15, 0.2) is 11.5 Å². The Morgan fingerprint density at radius 1 is 1.44 bits per heavy atom. The Kier molecular flexibility index (Phi) is 6.93. The van der Waals surface area contributed by atoms with E-state index in [-0.39, 0.29) is 18.2 Å². The molecule has 0 heterocycles. The average Bonchev–Trinajstić information content (AvgIpc) is 2.26. The average molecular weight is 246 g/mol. The van der Waals surface area contributed by atoms with Gasteiger partial charge in [-0.2, -0.15) is 0 Å². The number of hydrogen-bond acceptors (Lipinski definition) is 3. The van der Waals surface area contributed by atoms with Crippen molar-refractivity contribution in [1.82, 2.24) is 5.32 Å². The highest BCUT2D eigenvalue weighted by Gasteiger charge is 2.03. The summed E-state index contributed by atoms with van der Waals surface area (Å²) in [5.74, 6) is 0.711. The molecule has 1 rings (SSSR count). The topological polar surface area (TPSA) is 41.5 Å². The molecule has 0 saturated carbocycles. The Morgan fingerprint density at radius 3 is 2.62 bits per heavy atom. The number of phenols is 1. The summed E-state index contributed by atoms with van der Waals surface area (Å²) in [5.41, 5.74) is 1.06. The van der Waals surface area contributed by atoms with Crippen LogP contribution in [0.25, 0.3) is 0 Å². The van der Waals surface area contributed by atoms with Gasteiger partial charge in [0.05, 0.1) is 7.11 Å². The molecule has 0 amide bonds. The molecule has 1 aromatic rings. The normalized spacial score (nSPS) is 11.7. The molecule has 0 aliphatic carbocycles. The van der Waals surface area contributed by atoms with Crippen LogP contribution in [0.15, 0.2) is 18.2 Å². The van der Waals surface area contributed by atoms with Crippen LogP contribution in [0.2, 0.25) is 0 Å². The molecular formula is C12H20ClNO2. The van der Waals surface area contributed by atoms with Crippen LogP contribution in [0.5, 0.6) is 11.5 Å². The first-order chi connectivity index (χ1) is 7.17. The van der Waals surface area contributed by atoms with Gasteiger partial charge in [0.1, 0.15) is 0 Å². The number of rotatable bonds is 5. The maximum absolute atomic E-state index is 9.56. The zero-order valence-electron chi connectivity index (χ0n) is 9.99. The number of halogens is 1. The Hall–Kier alpha value is -0.930. The molecule has 16 heavy (non-hydrogen) atoms. The third-order valence-electron chi connectivity index (χ3n) is 2.51. The van der Waals surface area contributed by atoms with Crippen LogP contribution >= 0.6 is 12.4 Å². The van der Waals surface area contributed by atoms with Crippen molar-refractivity contribution in [3.05, 3.63) is 23.8 Å². The van der Waals surface area contributed by atoms with Gasteiger partial charge < -0.3 is 15.2 Å². The second-order valence-corrected chi connectivity index (χ2v) is 3.70. The third-order valence-corrected chi connectivity index (χ3v) is 2.51. The molecule has 0 spiro atoms. The third kappa shape index (κ3) is 4.29. The van der Waals surface area contributed by atoms with Crippen LogP contribution in [0.4, 0.5) is 0 Å². The maximum Gasteiger partial charge on any atom is 0.160 e. The summed E-state index contributed by atoms with van der Waals surface area (Å²) in [4.78, 5) is 0. The zero-order chi connectivity index (χ0) is 11.3. The second-order valence-electron chi connectivity index (χ2n) is 3.70. The Bertz CT molecular complexity index is 318. The number of nitrogens with one attached hydrogen (secondary N) is 1. The van der Waals surface area contributed by atoms with Crippen LogP contribution in [0.3, 0.4) is 0 Å². The summed E-state index contributed by atoms with van der Waals surface area (Å²) in [7, 11) is 1.55. The molecule has 92 valence electrons. The number of phenolic OH excluding ortho intramolecular Hbond substituents is 1. The Labute approximate surface area is 103 Å². The fourth-order valence-electron chi connectivity index (χ4n) is 1.28. The van der Waals surface area contributed by atoms with Crippen molar-refractivity contribution in [1.29, 1.82) is 0 Å². The molecule has 3 nitrogen and oxygen atoms in total. The van der Waals surface area contributed by atoms with E-state index < -0.39 is 0 Å². The summed E-state index contributed by atoms with van der Waals surface area (Å²) in [5, 5.41) is 12.9. The molecule has 0 aliphatic heterocycles. The summed E-state index contributed by atoms with van der Waals surface area (Å²) in [6.45, 7) is 5.05. The lowest BCUT2D eigenvalue weighted by atomic mass is 10.2. The minimum absolute atomic E-state index is 0. The maximum atomic E-state index is 9.56. The predicted molar refractivity (Wildman–Crippen MR) is 68.5 cm³/mol. The van der Waals surface area contributed by atoms with Crippen LogP contribution < -0.4 is 10.1 Å². The summed E-state index contributed by atoms with van der Waals surface area (Å²) in [6, 6.07) is 5.96. The van der Waals surface area contributed by atoms with Gasteiger partial charge in [-0.15, -0.1) is 12.4 Å². The van der Waals surface area contributed by atoms with E-state index in [0.29, 0.717) is 11.8 Å². The number of methoxy groups -OCH3 is 1. The van der Waals surface area contributed by atoms with Gasteiger partial charge in [0.2, 0.25) is 0 Å². The van der Waals surface area contributed by atoms with Crippen molar-refractivity contribution in [3.8, 4) is 11.5 Å². The number of benzene rings is 1. The van der Waals surface area contributed by atoms with Crippen molar-refractivity contribution < 1.29 is 9.84 Å². The van der Waals surface area contributed by atoms with Gasteiger partial charge in [-0.05, 0) is 31.0 Å². The molecule has 2 N–H and O–H groups in total. The molecule has 1 aromatic carbocycles. The monoisotopic (exact) mass is 245 g/mol. The standard InChI is InChI=1S/C12H19NO2.ClH/c1-4-9(2)13-8-10-5-6-12(15-3)11(14)7-10;/h5-7,9,13-14H,4,8H2,1-3H3;1H. The van der Waals surface area contributed by atoms with E-state index in [2.05, 4.69) is 19.2 Å². The van der Waals surface area contributed by atoms with E-state index in [9.17, 15) is 5.11 Å². The highest BCUT2D eigenvalue weighted by molar-refractivity contribution is 5.85. The predicted octanol–water partition coefficient (Wildman–Crippen LogP) is 2.71. The fourth-order valence-corrected chi connectivity index (χ4v) is 1.28. The van der Waals surface area contributed by atoms with Crippen molar-refractivity contribution in [2.75, 3.05) is 7.11 Å². The number of aromatic hydroxyl groups is 1. The van der Waals surface area contributed by atoms with Crippen LogP contribution in [-0.4, -0.2) is 18.3 Å². The first kappa shape index (κ1) is 15.1. The van der Waals surface area contributed by atoms with Gasteiger partial charge >= 0.3 is 0 Å². The van der Waals surface area contributed by atoms with E-state index >= 15 is 0 Å². The zero-order valence-corrected chi connectivity index (χ0v) is 10.8. The smallest absolute Gasteiger partial charge is 0.160 e. The van der Waals surface area contributed by atoms with E-state index in [1.807, 2.05) is 6.07 Å². The fraction of sp³-hybridized carbons (Fsp3) is 0.500. The molecular weight excluding hydrogens is 226 g/mol. The van der Waals surface area contributed by atoms with E-state index in [1.54, 1.807) is 19.2 Å². The Balaban J connectivity index is 0.00000225. The first-order valence-electron chi connectivity index (χ1n) is 5.26. The number of hydrogen-bond donors (Lipinski definition) is 2. The van der Waals surface area contributed by atoms with E-state index in [4.69, 9.17) is 4.74 Å². The lowest BCUT2D eigenvalue weighted by molar-refractivity contribution is 0.373. The van der Waals surface area contributed by atoms with Gasteiger partial charge in [-0.1, -0.05) is 13.0 Å². The van der Waals surface area contributed by atoms with Crippen molar-refractivity contribution in [3.63, 3.8) is 0 Å². The van der Waals surface area contributed by atoms with Crippen LogP contribution in [-0.2, 0) is 6.54 Å². The molecule has 0 aromatic heterocycles. The van der Waals surface area contributed by atoms with Crippen molar-refractivity contribution in [2.45, 2.75) is 32.9 Å². The van der Waals surface area contributed by atoms with Gasteiger partial charge in [-0.3, -0.25) is 0 Å². The van der Waals surface area contributed by atoms with Gasteiger partial charge in [0, 0.05) is 12.6 Å². The molecule has 0 bridgehead atoms. The van der Waals surface area contributed by atoms with E-state index in [1.165, 1.54) is 0 Å². The van der Waals surface area contributed by atoms with Crippen molar-refractivity contribution >= 4 is 12.4 Å². The lowest BCUT2D eigenvalue weighted by Crippen LogP contribution is -2.24. The highest BCUT2D eigenvalue weighted by atomic mass is 35.5. The van der Waals surface area contributed by atoms with Gasteiger partial charge in [0.25, 0.3) is 0 Å². The first-order valence-corrected chi connectivity index (χ1v) is 5.26. The minimum atomic E-state index is 0. The SMILES string of the molecule is CCC(C)NCc1ccc(OC)c(O)c1.Cl. The number of ether oxygens (including phenoxy) is 1.